The third-order valence-electron chi connectivity index (χ3n) is 6.44. The summed E-state index contributed by atoms with van der Waals surface area (Å²) in [4.78, 5) is 22.7. The van der Waals surface area contributed by atoms with Gasteiger partial charge in [-0.25, -0.2) is 4.79 Å². The van der Waals surface area contributed by atoms with Gasteiger partial charge in [0.15, 0.2) is 0 Å². The first-order valence-electron chi connectivity index (χ1n) is 10.2. The number of hydrogen-bond acceptors (Lipinski definition) is 4. The first-order chi connectivity index (χ1) is 13.7. The first kappa shape index (κ1) is 21.2. The van der Waals surface area contributed by atoms with Gasteiger partial charge in [0.2, 0.25) is 0 Å². The zero-order valence-electron chi connectivity index (χ0n) is 17.6. The Labute approximate surface area is 171 Å². The van der Waals surface area contributed by atoms with Crippen molar-refractivity contribution in [3.05, 3.63) is 52.4 Å². The van der Waals surface area contributed by atoms with E-state index in [0.29, 0.717) is 36.2 Å². The summed E-state index contributed by atoms with van der Waals surface area (Å²) < 4.78 is 11.4. The van der Waals surface area contributed by atoms with E-state index in [1.165, 1.54) is 11.6 Å². The summed E-state index contributed by atoms with van der Waals surface area (Å²) >= 11 is 0. The van der Waals surface area contributed by atoms with Gasteiger partial charge in [0, 0.05) is 29.9 Å². The minimum Gasteiger partial charge on any atom is -0.493 e. The van der Waals surface area contributed by atoms with Gasteiger partial charge in [-0.05, 0) is 62.1 Å². The van der Waals surface area contributed by atoms with E-state index in [1.54, 1.807) is 12.1 Å². The summed E-state index contributed by atoms with van der Waals surface area (Å²) in [5.41, 5.74) is 1.24. The largest absolute Gasteiger partial charge is 0.493 e. The summed E-state index contributed by atoms with van der Waals surface area (Å²) in [7, 11) is 0. The van der Waals surface area contributed by atoms with Crippen LogP contribution in [0.3, 0.4) is 0 Å². The van der Waals surface area contributed by atoms with Crippen LogP contribution in [0.25, 0.3) is 11.0 Å². The van der Waals surface area contributed by atoms with Crippen LogP contribution in [-0.4, -0.2) is 17.7 Å². The molecule has 5 heteroatoms. The Morgan fingerprint density at radius 2 is 2.03 bits per heavy atom. The molecule has 4 atom stereocenters. The Bertz CT molecular complexity index is 969. The predicted molar refractivity (Wildman–Crippen MR) is 113 cm³/mol. The molecule has 1 aliphatic rings. The molecule has 1 N–H and O–H groups in total. The number of carboxylic acids is 1. The molecule has 29 heavy (non-hydrogen) atoms. The van der Waals surface area contributed by atoms with Gasteiger partial charge in [0.1, 0.15) is 11.3 Å². The monoisotopic (exact) mass is 398 g/mol. The van der Waals surface area contributed by atoms with Gasteiger partial charge in [-0.3, -0.25) is 4.79 Å². The SMILES string of the molecule is CC(C)=C[C@@H]1C[C@H](C)[C@@H](COc2ccc3ccc(=O)oc3c2)[C@]1(C)CCC(=O)O. The average Bonchev–Trinajstić information content (AvgIpc) is 2.87. The fourth-order valence-electron chi connectivity index (χ4n) is 4.84. The summed E-state index contributed by atoms with van der Waals surface area (Å²) in [6, 6.07) is 8.64. The lowest BCUT2D eigenvalue weighted by Crippen LogP contribution is -2.34. The van der Waals surface area contributed by atoms with Crippen molar-refractivity contribution in [2.24, 2.45) is 23.2 Å². The molecule has 0 amide bonds. The molecule has 2 aromatic rings. The van der Waals surface area contributed by atoms with E-state index in [0.717, 1.165) is 11.8 Å². The van der Waals surface area contributed by atoms with Crippen molar-refractivity contribution in [2.45, 2.75) is 47.0 Å². The second-order valence-corrected chi connectivity index (χ2v) is 8.83. The molecule has 1 aromatic heterocycles. The summed E-state index contributed by atoms with van der Waals surface area (Å²) in [5, 5.41) is 10.1. The standard InChI is InChI=1S/C24H30O5/c1-15(2)11-18-12-16(3)20(24(18,4)10-9-22(25)26)14-28-19-7-5-17-6-8-23(27)29-21(17)13-19/h5-8,11,13,16,18,20H,9-10,12,14H2,1-4H3,(H,25,26)/t16-,18+,20+,24+/m0/s1. The molecule has 1 aliphatic carbocycles. The third-order valence-corrected chi connectivity index (χ3v) is 6.44. The number of benzene rings is 1. The molecule has 3 rings (SSSR count). The highest BCUT2D eigenvalue weighted by Gasteiger charge is 2.49. The van der Waals surface area contributed by atoms with Crippen LogP contribution in [0.5, 0.6) is 5.75 Å². The zero-order chi connectivity index (χ0) is 21.2. The number of aliphatic carboxylic acids is 1. The highest BCUT2D eigenvalue weighted by molar-refractivity contribution is 5.77. The van der Waals surface area contributed by atoms with E-state index < -0.39 is 5.97 Å². The lowest BCUT2D eigenvalue weighted by atomic mass is 9.69. The van der Waals surface area contributed by atoms with Crippen LogP contribution in [0.15, 0.2) is 51.2 Å². The topological polar surface area (TPSA) is 76.7 Å². The molecular weight excluding hydrogens is 368 g/mol. The Morgan fingerprint density at radius 3 is 2.72 bits per heavy atom. The predicted octanol–water partition coefficient (Wildman–Crippen LogP) is 5.28. The number of fused-ring (bicyclic) bond motifs is 1. The molecule has 0 radical (unpaired) electrons. The van der Waals surface area contributed by atoms with Gasteiger partial charge in [-0.15, -0.1) is 0 Å². The Kier molecular flexibility index (Phi) is 6.15. The van der Waals surface area contributed by atoms with Crippen molar-refractivity contribution in [2.75, 3.05) is 6.61 Å². The molecule has 1 aromatic carbocycles. The second-order valence-electron chi connectivity index (χ2n) is 8.83. The molecule has 1 heterocycles. The quantitative estimate of drug-likeness (QED) is 0.507. The van der Waals surface area contributed by atoms with Crippen molar-refractivity contribution in [3.63, 3.8) is 0 Å². The van der Waals surface area contributed by atoms with Crippen LogP contribution in [0.1, 0.15) is 47.0 Å². The molecular formula is C24H30O5. The van der Waals surface area contributed by atoms with Crippen LogP contribution in [0, 0.1) is 23.2 Å². The first-order valence-corrected chi connectivity index (χ1v) is 10.2. The molecule has 0 spiro atoms. The van der Waals surface area contributed by atoms with E-state index >= 15 is 0 Å². The van der Waals surface area contributed by atoms with E-state index in [4.69, 9.17) is 9.15 Å². The molecule has 0 bridgehead atoms. The van der Waals surface area contributed by atoms with E-state index in [2.05, 4.69) is 33.8 Å². The second kappa shape index (κ2) is 8.44. The van der Waals surface area contributed by atoms with Gasteiger partial charge >= 0.3 is 11.6 Å². The van der Waals surface area contributed by atoms with Crippen LogP contribution in [-0.2, 0) is 4.79 Å². The van der Waals surface area contributed by atoms with Crippen LogP contribution in [0.2, 0.25) is 0 Å². The number of carbonyl (C=O) groups is 1. The highest BCUT2D eigenvalue weighted by Crippen LogP contribution is 2.54. The van der Waals surface area contributed by atoms with Gasteiger partial charge in [-0.1, -0.05) is 25.5 Å². The third kappa shape index (κ3) is 4.72. The smallest absolute Gasteiger partial charge is 0.336 e. The van der Waals surface area contributed by atoms with E-state index in [9.17, 15) is 14.7 Å². The summed E-state index contributed by atoms with van der Waals surface area (Å²) in [6.07, 6.45) is 4.11. The lowest BCUT2D eigenvalue weighted by molar-refractivity contribution is -0.138. The van der Waals surface area contributed by atoms with E-state index in [1.807, 2.05) is 12.1 Å². The molecule has 5 nitrogen and oxygen atoms in total. The fourth-order valence-corrected chi connectivity index (χ4v) is 4.84. The number of allylic oxidation sites excluding steroid dienone is 2. The lowest BCUT2D eigenvalue weighted by Gasteiger charge is -2.37. The van der Waals surface area contributed by atoms with Crippen molar-refractivity contribution in [1.82, 2.24) is 0 Å². The maximum atomic E-state index is 11.5. The van der Waals surface area contributed by atoms with Gasteiger partial charge in [-0.2, -0.15) is 0 Å². The molecule has 0 unspecified atom stereocenters. The molecule has 156 valence electrons. The molecule has 0 saturated heterocycles. The maximum Gasteiger partial charge on any atom is 0.336 e. The maximum absolute atomic E-state index is 11.5. The number of ether oxygens (including phenoxy) is 1. The highest BCUT2D eigenvalue weighted by atomic mass is 16.5. The molecule has 1 saturated carbocycles. The normalized spacial score (nSPS) is 26.4. The molecule has 1 fully saturated rings. The van der Waals surface area contributed by atoms with Crippen molar-refractivity contribution in [1.29, 1.82) is 0 Å². The van der Waals surface area contributed by atoms with Gasteiger partial charge in [0.05, 0.1) is 6.61 Å². The Morgan fingerprint density at radius 1 is 1.31 bits per heavy atom. The van der Waals surface area contributed by atoms with Crippen LogP contribution < -0.4 is 10.4 Å². The van der Waals surface area contributed by atoms with E-state index in [-0.39, 0.29) is 23.4 Å². The van der Waals surface area contributed by atoms with Crippen molar-refractivity contribution in [3.8, 4) is 5.75 Å². The minimum absolute atomic E-state index is 0.140. The molecule has 0 aliphatic heterocycles. The van der Waals surface area contributed by atoms with Gasteiger partial charge < -0.3 is 14.3 Å². The minimum atomic E-state index is -0.758. The summed E-state index contributed by atoms with van der Waals surface area (Å²) in [5.74, 6) is 0.898. The Balaban J connectivity index is 1.82. The number of hydrogen-bond donors (Lipinski definition) is 1. The average molecular weight is 398 g/mol. The fraction of sp³-hybridized carbons (Fsp3) is 0.500. The number of carboxylic acid groups (broad SMARTS) is 1. The summed E-state index contributed by atoms with van der Waals surface area (Å²) in [6.45, 7) is 9.12. The van der Waals surface area contributed by atoms with Crippen LogP contribution in [0.4, 0.5) is 0 Å². The van der Waals surface area contributed by atoms with Crippen LogP contribution >= 0.6 is 0 Å². The Hall–Kier alpha value is -2.56. The van der Waals surface area contributed by atoms with Gasteiger partial charge in [0.25, 0.3) is 0 Å². The number of rotatable bonds is 7. The zero-order valence-corrected chi connectivity index (χ0v) is 17.6. The van der Waals surface area contributed by atoms with Crippen molar-refractivity contribution >= 4 is 16.9 Å². The van der Waals surface area contributed by atoms with Crippen molar-refractivity contribution < 1.29 is 19.1 Å².